The molecule has 0 aliphatic carbocycles. The molecule has 4 aromatic rings. The van der Waals surface area contributed by atoms with Crippen LogP contribution in [0.25, 0.3) is 28.2 Å². The number of alkyl halides is 3. The number of hydrogen-bond acceptors (Lipinski definition) is 2. The summed E-state index contributed by atoms with van der Waals surface area (Å²) in [6.07, 6.45) is -4.54. The molecular weight excluding hydrogens is 522 g/mol. The van der Waals surface area contributed by atoms with Crippen LogP contribution in [0.4, 0.5) is 13.2 Å². The van der Waals surface area contributed by atoms with E-state index in [1.165, 1.54) is 12.1 Å². The minimum Gasteiger partial charge on any atom is -0.351 e. The zero-order valence-corrected chi connectivity index (χ0v) is 21.8. The molecule has 0 spiro atoms. The van der Waals surface area contributed by atoms with Gasteiger partial charge in [-0.3, -0.25) is 4.79 Å². The number of hydrogen-bond donors (Lipinski definition) is 1. The van der Waals surface area contributed by atoms with E-state index in [1.54, 1.807) is 71.3 Å². The third-order valence-corrected chi connectivity index (χ3v) is 5.97. The second-order valence-corrected chi connectivity index (χ2v) is 9.04. The lowest BCUT2D eigenvalue weighted by Crippen LogP contribution is -2.31. The van der Waals surface area contributed by atoms with Crippen molar-refractivity contribution in [2.24, 2.45) is 0 Å². The molecule has 0 aliphatic rings. The quantitative estimate of drug-likeness (QED) is 0.265. The number of nitrogens with one attached hydrogen (secondary N) is 1. The first-order valence-electron chi connectivity index (χ1n) is 11.3. The van der Waals surface area contributed by atoms with Crippen LogP contribution in [0.3, 0.4) is 0 Å². The Labute approximate surface area is 225 Å². The smallest absolute Gasteiger partial charge is 0.351 e. The Balaban J connectivity index is 0.00000380. The molecule has 1 aromatic heterocycles. The molecule has 194 valence electrons. The SMILES string of the molecule is CN(C)CCNC(=O)c1ccc(-c2ccc(-c3cccc(Cl)c3)n2-c2ccccc2C(F)(F)F)cc1.Cl. The summed E-state index contributed by atoms with van der Waals surface area (Å²) in [5, 5.41) is 3.34. The molecule has 1 N–H and O–H groups in total. The van der Waals surface area contributed by atoms with Gasteiger partial charge in [0.25, 0.3) is 5.91 Å². The first-order chi connectivity index (χ1) is 17.1. The highest BCUT2D eigenvalue weighted by molar-refractivity contribution is 6.30. The number of amides is 1. The molecule has 0 atom stereocenters. The monoisotopic (exact) mass is 547 g/mol. The number of carbonyl (C=O) groups is 1. The second kappa shape index (κ2) is 11.9. The molecule has 0 unspecified atom stereocenters. The Hall–Kier alpha value is -3.26. The highest BCUT2D eigenvalue weighted by atomic mass is 35.5. The van der Waals surface area contributed by atoms with E-state index in [1.807, 2.05) is 19.0 Å². The maximum Gasteiger partial charge on any atom is 0.418 e. The highest BCUT2D eigenvalue weighted by Crippen LogP contribution is 2.39. The number of nitrogens with zero attached hydrogens (tertiary/aromatic N) is 2. The zero-order chi connectivity index (χ0) is 25.9. The molecule has 4 rings (SSSR count). The topological polar surface area (TPSA) is 37.3 Å². The van der Waals surface area contributed by atoms with Crippen LogP contribution in [-0.4, -0.2) is 42.6 Å². The second-order valence-electron chi connectivity index (χ2n) is 8.60. The molecule has 4 nitrogen and oxygen atoms in total. The molecule has 1 heterocycles. The van der Waals surface area contributed by atoms with Crippen LogP contribution in [-0.2, 0) is 6.18 Å². The van der Waals surface area contributed by atoms with Gasteiger partial charge in [-0.25, -0.2) is 0 Å². The van der Waals surface area contributed by atoms with Crippen LogP contribution in [0, 0.1) is 0 Å². The largest absolute Gasteiger partial charge is 0.418 e. The van der Waals surface area contributed by atoms with E-state index in [-0.39, 0.29) is 24.0 Å². The predicted molar refractivity (Wildman–Crippen MR) is 145 cm³/mol. The van der Waals surface area contributed by atoms with Crippen LogP contribution in [0.2, 0.25) is 5.02 Å². The molecule has 9 heteroatoms. The third-order valence-electron chi connectivity index (χ3n) is 5.74. The minimum absolute atomic E-state index is 0. The van der Waals surface area contributed by atoms with Crippen LogP contribution in [0.15, 0.2) is 84.9 Å². The summed E-state index contributed by atoms with van der Waals surface area (Å²) in [6, 6.07) is 22.8. The van der Waals surface area contributed by atoms with Gasteiger partial charge in [-0.05, 0) is 73.8 Å². The van der Waals surface area contributed by atoms with Crippen molar-refractivity contribution in [3.05, 3.63) is 101 Å². The molecule has 1 amide bonds. The normalized spacial score (nSPS) is 11.3. The molecule has 0 aliphatic heterocycles. The fourth-order valence-corrected chi connectivity index (χ4v) is 4.18. The Kier molecular flexibility index (Phi) is 9.07. The molecule has 3 aromatic carbocycles. The summed E-state index contributed by atoms with van der Waals surface area (Å²) in [5.74, 6) is -0.208. The number of likely N-dealkylation sites (N-methyl/N-ethyl adjacent to an activating group) is 1. The van der Waals surface area contributed by atoms with E-state index in [4.69, 9.17) is 11.6 Å². The molecular formula is C28H26Cl2F3N3O. The Morgan fingerprint density at radius 3 is 2.16 bits per heavy atom. The molecule has 0 fully saturated rings. The van der Waals surface area contributed by atoms with Crippen molar-refractivity contribution in [3.8, 4) is 28.2 Å². The fourth-order valence-electron chi connectivity index (χ4n) is 3.99. The third kappa shape index (κ3) is 6.55. The summed E-state index contributed by atoms with van der Waals surface area (Å²) in [7, 11) is 3.84. The van der Waals surface area contributed by atoms with Crippen molar-refractivity contribution in [1.82, 2.24) is 14.8 Å². The zero-order valence-electron chi connectivity index (χ0n) is 20.2. The van der Waals surface area contributed by atoms with E-state index < -0.39 is 11.7 Å². The van der Waals surface area contributed by atoms with Crippen molar-refractivity contribution >= 4 is 29.9 Å². The number of carbonyl (C=O) groups excluding carboxylic acids is 1. The Morgan fingerprint density at radius 1 is 0.892 bits per heavy atom. The van der Waals surface area contributed by atoms with Crippen LogP contribution in [0.5, 0.6) is 0 Å². The van der Waals surface area contributed by atoms with Crippen molar-refractivity contribution < 1.29 is 18.0 Å². The molecule has 0 saturated heterocycles. The average molecular weight is 548 g/mol. The maximum atomic E-state index is 14.0. The summed E-state index contributed by atoms with van der Waals surface area (Å²) in [6.45, 7) is 1.22. The Morgan fingerprint density at radius 2 is 1.54 bits per heavy atom. The van der Waals surface area contributed by atoms with Gasteiger partial charge in [0.1, 0.15) is 0 Å². The molecule has 0 bridgehead atoms. The summed E-state index contributed by atoms with van der Waals surface area (Å²) in [4.78, 5) is 14.4. The van der Waals surface area contributed by atoms with Crippen molar-refractivity contribution in [2.75, 3.05) is 27.2 Å². The number of halogens is 5. The number of benzene rings is 3. The van der Waals surface area contributed by atoms with Gasteiger partial charge in [-0.1, -0.05) is 48.0 Å². The average Bonchev–Trinajstić information content (AvgIpc) is 3.28. The van der Waals surface area contributed by atoms with Gasteiger partial charge in [0.2, 0.25) is 0 Å². The van der Waals surface area contributed by atoms with Crippen molar-refractivity contribution in [2.45, 2.75) is 6.18 Å². The van der Waals surface area contributed by atoms with Gasteiger partial charge < -0.3 is 14.8 Å². The standard InChI is InChI=1S/C28H25ClF3N3O.ClH/c1-34(2)17-16-33-27(36)20-12-10-19(11-13-20)24-14-15-25(21-6-5-7-22(29)18-21)35(24)26-9-4-3-8-23(26)28(30,31)32;/h3-15,18H,16-17H2,1-2H3,(H,33,36);1H. The number of rotatable bonds is 7. The van der Waals surface area contributed by atoms with E-state index >= 15 is 0 Å². The molecule has 0 radical (unpaired) electrons. The first-order valence-corrected chi connectivity index (χ1v) is 11.7. The lowest BCUT2D eigenvalue weighted by Gasteiger charge is -2.19. The van der Waals surface area contributed by atoms with Crippen molar-refractivity contribution in [1.29, 1.82) is 0 Å². The van der Waals surface area contributed by atoms with Crippen LogP contribution in [0.1, 0.15) is 15.9 Å². The van der Waals surface area contributed by atoms with Gasteiger partial charge in [-0.15, -0.1) is 12.4 Å². The summed E-state index contributed by atoms with van der Waals surface area (Å²) in [5.41, 5.74) is 2.21. The maximum absolute atomic E-state index is 14.0. The lowest BCUT2D eigenvalue weighted by atomic mass is 10.1. The fraction of sp³-hybridized carbons (Fsp3) is 0.179. The van der Waals surface area contributed by atoms with Gasteiger partial charge in [0.15, 0.2) is 0 Å². The minimum atomic E-state index is -4.54. The first kappa shape index (κ1) is 28.3. The van der Waals surface area contributed by atoms with Gasteiger partial charge >= 0.3 is 6.18 Å². The number of para-hydroxylation sites is 1. The summed E-state index contributed by atoms with van der Waals surface area (Å²) < 4.78 is 43.5. The van der Waals surface area contributed by atoms with Crippen LogP contribution >= 0.6 is 24.0 Å². The Bertz CT molecular complexity index is 1370. The molecule has 37 heavy (non-hydrogen) atoms. The van der Waals surface area contributed by atoms with Crippen molar-refractivity contribution in [3.63, 3.8) is 0 Å². The van der Waals surface area contributed by atoms with E-state index in [0.29, 0.717) is 46.2 Å². The predicted octanol–water partition coefficient (Wildman–Crippen LogP) is 7.20. The van der Waals surface area contributed by atoms with E-state index in [2.05, 4.69) is 5.32 Å². The number of aromatic nitrogens is 1. The van der Waals surface area contributed by atoms with E-state index in [0.717, 1.165) is 6.07 Å². The van der Waals surface area contributed by atoms with Crippen LogP contribution < -0.4 is 5.32 Å². The van der Waals surface area contributed by atoms with Gasteiger partial charge in [-0.2, -0.15) is 13.2 Å². The molecule has 0 saturated carbocycles. The van der Waals surface area contributed by atoms with Gasteiger partial charge in [0, 0.05) is 23.7 Å². The lowest BCUT2D eigenvalue weighted by molar-refractivity contribution is -0.137. The van der Waals surface area contributed by atoms with Gasteiger partial charge in [0.05, 0.1) is 22.6 Å². The summed E-state index contributed by atoms with van der Waals surface area (Å²) >= 11 is 6.19. The highest BCUT2D eigenvalue weighted by Gasteiger charge is 2.34. The van der Waals surface area contributed by atoms with E-state index in [9.17, 15) is 18.0 Å².